The van der Waals surface area contributed by atoms with Gasteiger partial charge >= 0.3 is 0 Å². The van der Waals surface area contributed by atoms with E-state index in [4.69, 9.17) is 21.3 Å². The van der Waals surface area contributed by atoms with Crippen LogP contribution < -0.4 is 10.3 Å². The van der Waals surface area contributed by atoms with Crippen LogP contribution in [0, 0.1) is 0 Å². The predicted octanol–water partition coefficient (Wildman–Crippen LogP) is 4.26. The smallest absolute Gasteiger partial charge is 0.258 e. The average molecular weight is 447 g/mol. The third-order valence-electron chi connectivity index (χ3n) is 5.71. The number of nitrogens with zero attached hydrogens (tertiary/aromatic N) is 4. The van der Waals surface area contributed by atoms with Gasteiger partial charge in [0.1, 0.15) is 12.4 Å². The highest BCUT2D eigenvalue weighted by Gasteiger charge is 2.13. The zero-order valence-electron chi connectivity index (χ0n) is 17.6. The van der Waals surface area contributed by atoms with Crippen molar-refractivity contribution in [3.05, 3.63) is 93.8 Å². The van der Waals surface area contributed by atoms with Crippen molar-refractivity contribution in [2.75, 3.05) is 19.6 Å². The van der Waals surface area contributed by atoms with Crippen molar-refractivity contribution in [3.8, 4) is 11.4 Å². The molecule has 0 unspecified atom stereocenters. The van der Waals surface area contributed by atoms with Gasteiger partial charge in [0.15, 0.2) is 0 Å². The van der Waals surface area contributed by atoms with E-state index in [1.54, 1.807) is 35.2 Å². The molecule has 7 heteroatoms. The van der Waals surface area contributed by atoms with Crippen LogP contribution in [0.2, 0.25) is 5.02 Å². The Labute approximate surface area is 191 Å². The van der Waals surface area contributed by atoms with E-state index in [2.05, 4.69) is 22.0 Å². The summed E-state index contributed by atoms with van der Waals surface area (Å²) >= 11 is 5.85. The topological polar surface area (TPSA) is 60.2 Å². The van der Waals surface area contributed by atoms with Gasteiger partial charge in [0.2, 0.25) is 0 Å². The van der Waals surface area contributed by atoms with Gasteiger partial charge in [0.25, 0.3) is 5.56 Å². The van der Waals surface area contributed by atoms with Crippen molar-refractivity contribution < 1.29 is 4.74 Å². The summed E-state index contributed by atoms with van der Waals surface area (Å²) in [5, 5.41) is 1.58. The third kappa shape index (κ3) is 4.66. The molecule has 0 spiro atoms. The zero-order chi connectivity index (χ0) is 21.9. The monoisotopic (exact) mass is 446 g/mol. The Balaban J connectivity index is 1.30. The molecule has 6 nitrogen and oxygen atoms in total. The second-order valence-corrected chi connectivity index (χ2v) is 8.39. The highest BCUT2D eigenvalue weighted by molar-refractivity contribution is 6.30. The minimum Gasteiger partial charge on any atom is -0.487 e. The number of halogens is 1. The molecule has 1 aromatic carbocycles. The second kappa shape index (κ2) is 9.10. The number of hydrogen-bond donors (Lipinski definition) is 0. The summed E-state index contributed by atoms with van der Waals surface area (Å²) in [5.41, 5.74) is 3.42. The van der Waals surface area contributed by atoms with Crippen LogP contribution in [-0.4, -0.2) is 39.1 Å². The summed E-state index contributed by atoms with van der Waals surface area (Å²) in [7, 11) is 0. The van der Waals surface area contributed by atoms with Crippen LogP contribution in [-0.2, 0) is 13.0 Å². The van der Waals surface area contributed by atoms with Gasteiger partial charge in [-0.25, -0.2) is 0 Å². The van der Waals surface area contributed by atoms with Crippen LogP contribution in [0.3, 0.4) is 0 Å². The van der Waals surface area contributed by atoms with Crippen LogP contribution in [0.15, 0.2) is 71.8 Å². The molecule has 1 aliphatic heterocycles. The number of benzene rings is 1. The molecule has 32 heavy (non-hydrogen) atoms. The lowest BCUT2D eigenvalue weighted by Gasteiger charge is -2.30. The number of likely N-dealkylation sites (tertiary alicyclic amines) is 1. The Hall–Kier alpha value is -3.22. The molecule has 1 aliphatic rings. The Bertz CT molecular complexity index is 1300. The van der Waals surface area contributed by atoms with E-state index >= 15 is 0 Å². The molecule has 0 aliphatic carbocycles. The Morgan fingerprint density at radius 1 is 1.00 bits per heavy atom. The molecule has 0 amide bonds. The van der Waals surface area contributed by atoms with Crippen molar-refractivity contribution in [2.24, 2.45) is 0 Å². The lowest BCUT2D eigenvalue weighted by molar-refractivity contribution is 0.183. The molecule has 0 atom stereocenters. The van der Waals surface area contributed by atoms with Gasteiger partial charge in [-0.05, 0) is 62.0 Å². The van der Waals surface area contributed by atoms with Gasteiger partial charge in [0.05, 0.1) is 16.2 Å². The largest absolute Gasteiger partial charge is 0.487 e. The maximum absolute atomic E-state index is 12.7. The molecule has 3 aromatic heterocycles. The van der Waals surface area contributed by atoms with Crippen molar-refractivity contribution >= 4 is 22.5 Å². The fourth-order valence-corrected chi connectivity index (χ4v) is 3.85. The molecule has 1 saturated heterocycles. The second-order valence-electron chi connectivity index (χ2n) is 7.95. The Morgan fingerprint density at radius 3 is 2.62 bits per heavy atom. The summed E-state index contributed by atoms with van der Waals surface area (Å²) in [6, 6.07) is 16.9. The van der Waals surface area contributed by atoms with Crippen molar-refractivity contribution in [1.82, 2.24) is 19.4 Å². The Kier molecular flexibility index (Phi) is 5.88. The molecule has 0 bridgehead atoms. The first-order chi connectivity index (χ1) is 15.6. The van der Waals surface area contributed by atoms with E-state index in [-0.39, 0.29) is 12.2 Å². The van der Waals surface area contributed by atoms with Crippen LogP contribution in [0.4, 0.5) is 0 Å². The first-order valence-corrected chi connectivity index (χ1v) is 11.1. The summed E-state index contributed by atoms with van der Waals surface area (Å²) < 4.78 is 7.31. The van der Waals surface area contributed by atoms with E-state index < -0.39 is 0 Å². The van der Waals surface area contributed by atoms with Crippen molar-refractivity contribution in [2.45, 2.75) is 19.4 Å². The van der Waals surface area contributed by atoms with E-state index in [0.717, 1.165) is 40.9 Å². The molecule has 5 rings (SSSR count). The molecule has 0 saturated carbocycles. The SMILES string of the molecule is O=c1cc(OCc2ccc(Cl)cn2)ccn1-c1ccc2nc(CCN3CCC3)ccc2c1. The highest BCUT2D eigenvalue weighted by Crippen LogP contribution is 2.19. The number of rotatable bonds is 7. The highest BCUT2D eigenvalue weighted by atomic mass is 35.5. The number of aromatic nitrogens is 3. The maximum atomic E-state index is 12.7. The lowest BCUT2D eigenvalue weighted by atomic mass is 10.1. The fraction of sp³-hybridized carbons (Fsp3) is 0.240. The first-order valence-electron chi connectivity index (χ1n) is 10.7. The zero-order valence-corrected chi connectivity index (χ0v) is 18.3. The number of fused-ring (bicyclic) bond motifs is 1. The van der Waals surface area contributed by atoms with Gasteiger partial charge in [-0.15, -0.1) is 0 Å². The van der Waals surface area contributed by atoms with Crippen molar-refractivity contribution in [1.29, 1.82) is 0 Å². The first kappa shape index (κ1) is 20.7. The summed E-state index contributed by atoms with van der Waals surface area (Å²) in [6.07, 6.45) is 5.56. The summed E-state index contributed by atoms with van der Waals surface area (Å²) in [6.45, 7) is 3.73. The molecule has 0 radical (unpaired) electrons. The summed E-state index contributed by atoms with van der Waals surface area (Å²) in [5.74, 6) is 0.497. The quantitative estimate of drug-likeness (QED) is 0.424. The molecular formula is C25H23ClN4O2. The molecule has 4 aromatic rings. The lowest BCUT2D eigenvalue weighted by Crippen LogP contribution is -2.38. The molecule has 0 N–H and O–H groups in total. The van der Waals surface area contributed by atoms with Crippen LogP contribution in [0.1, 0.15) is 17.8 Å². The third-order valence-corrected chi connectivity index (χ3v) is 5.93. The summed E-state index contributed by atoms with van der Waals surface area (Å²) in [4.78, 5) is 24.1. The minimum atomic E-state index is -0.162. The normalized spacial score (nSPS) is 13.8. The van der Waals surface area contributed by atoms with Gasteiger partial charge in [0, 0.05) is 48.2 Å². The van der Waals surface area contributed by atoms with Crippen LogP contribution in [0.25, 0.3) is 16.6 Å². The van der Waals surface area contributed by atoms with E-state index in [9.17, 15) is 4.79 Å². The number of pyridine rings is 3. The Morgan fingerprint density at radius 2 is 1.88 bits per heavy atom. The van der Waals surface area contributed by atoms with E-state index in [0.29, 0.717) is 10.8 Å². The van der Waals surface area contributed by atoms with Crippen LogP contribution >= 0.6 is 11.6 Å². The standard InChI is InChI=1S/C25H23ClN4O2/c26-19-3-5-21(27-16-19)17-32-23-9-13-30(25(31)15-23)22-6-7-24-18(14-22)2-4-20(28-24)8-12-29-10-1-11-29/h2-7,9,13-16H,1,8,10-12,17H2. The predicted molar refractivity (Wildman–Crippen MR) is 126 cm³/mol. The number of ether oxygens (including phenoxy) is 1. The fourth-order valence-electron chi connectivity index (χ4n) is 3.74. The van der Waals surface area contributed by atoms with E-state index in [1.165, 1.54) is 25.6 Å². The number of hydrogen-bond acceptors (Lipinski definition) is 5. The van der Waals surface area contributed by atoms with Crippen molar-refractivity contribution in [3.63, 3.8) is 0 Å². The van der Waals surface area contributed by atoms with Gasteiger partial charge in [-0.1, -0.05) is 17.7 Å². The maximum Gasteiger partial charge on any atom is 0.258 e. The molecular weight excluding hydrogens is 424 g/mol. The van der Waals surface area contributed by atoms with Crippen LogP contribution in [0.5, 0.6) is 5.75 Å². The molecule has 162 valence electrons. The van der Waals surface area contributed by atoms with Gasteiger partial charge in [-0.3, -0.25) is 19.3 Å². The van der Waals surface area contributed by atoms with Gasteiger partial charge in [-0.2, -0.15) is 0 Å². The molecule has 1 fully saturated rings. The van der Waals surface area contributed by atoms with E-state index in [1.807, 2.05) is 18.2 Å². The minimum absolute atomic E-state index is 0.162. The molecule has 4 heterocycles. The average Bonchev–Trinajstić information content (AvgIpc) is 2.77. The van der Waals surface area contributed by atoms with Gasteiger partial charge < -0.3 is 9.64 Å².